The lowest BCUT2D eigenvalue weighted by Gasteiger charge is -2.31. The summed E-state index contributed by atoms with van der Waals surface area (Å²) in [6.45, 7) is 1.98. The second-order valence-corrected chi connectivity index (χ2v) is 5.22. The van der Waals surface area contributed by atoms with E-state index in [1.807, 2.05) is 37.3 Å². The molecule has 1 aliphatic heterocycles. The highest BCUT2D eigenvalue weighted by atomic mass is 16.5. The topological polar surface area (TPSA) is 66.8 Å². The Morgan fingerprint density at radius 1 is 1.26 bits per heavy atom. The van der Waals surface area contributed by atoms with E-state index >= 15 is 0 Å². The SMILES string of the molecule is CC1CC(c2ccccc2)OC(C(=O)O)CCC1O. The molecule has 1 aromatic rings. The highest BCUT2D eigenvalue weighted by Crippen LogP contribution is 2.32. The monoisotopic (exact) mass is 264 g/mol. The van der Waals surface area contributed by atoms with Gasteiger partial charge in [-0.3, -0.25) is 0 Å². The lowest BCUT2D eigenvalue weighted by Crippen LogP contribution is -2.33. The van der Waals surface area contributed by atoms with Gasteiger partial charge in [-0.15, -0.1) is 0 Å². The minimum atomic E-state index is -0.956. The average Bonchev–Trinajstić information content (AvgIpc) is 2.40. The molecule has 104 valence electrons. The summed E-state index contributed by atoms with van der Waals surface area (Å²) in [5.41, 5.74) is 0.967. The van der Waals surface area contributed by atoms with Gasteiger partial charge in [-0.2, -0.15) is 0 Å². The number of carboxylic acid groups (broad SMARTS) is 1. The number of hydrogen-bond donors (Lipinski definition) is 2. The zero-order valence-corrected chi connectivity index (χ0v) is 11.0. The second-order valence-electron chi connectivity index (χ2n) is 5.22. The summed E-state index contributed by atoms with van der Waals surface area (Å²) in [6, 6.07) is 9.61. The minimum absolute atomic E-state index is 0.0972. The van der Waals surface area contributed by atoms with Gasteiger partial charge in [0.15, 0.2) is 6.10 Å². The first-order valence-electron chi connectivity index (χ1n) is 6.69. The van der Waals surface area contributed by atoms with Gasteiger partial charge in [-0.1, -0.05) is 37.3 Å². The molecule has 0 aromatic heterocycles. The van der Waals surface area contributed by atoms with Gasteiger partial charge in [0.05, 0.1) is 12.2 Å². The normalized spacial score (nSPS) is 32.3. The number of aliphatic hydroxyl groups is 1. The summed E-state index contributed by atoms with van der Waals surface area (Å²) >= 11 is 0. The number of ether oxygens (including phenoxy) is 1. The van der Waals surface area contributed by atoms with E-state index in [2.05, 4.69) is 0 Å². The van der Waals surface area contributed by atoms with E-state index in [0.717, 1.165) is 5.56 Å². The van der Waals surface area contributed by atoms with Gasteiger partial charge < -0.3 is 14.9 Å². The number of aliphatic carboxylic acids is 1. The van der Waals surface area contributed by atoms with Crippen LogP contribution in [-0.4, -0.2) is 28.4 Å². The molecule has 0 bridgehead atoms. The fourth-order valence-electron chi connectivity index (χ4n) is 2.49. The van der Waals surface area contributed by atoms with Crippen LogP contribution in [-0.2, 0) is 9.53 Å². The Morgan fingerprint density at radius 2 is 1.95 bits per heavy atom. The molecular weight excluding hydrogens is 244 g/mol. The number of hydrogen-bond acceptors (Lipinski definition) is 3. The van der Waals surface area contributed by atoms with Crippen LogP contribution in [0.1, 0.15) is 37.9 Å². The lowest BCUT2D eigenvalue weighted by molar-refractivity contribution is -0.159. The van der Waals surface area contributed by atoms with Crippen LogP contribution in [0.15, 0.2) is 30.3 Å². The first-order chi connectivity index (χ1) is 9.08. The smallest absolute Gasteiger partial charge is 0.332 e. The predicted octanol–water partition coefficient (Wildman–Crippen LogP) is 2.38. The first kappa shape index (κ1) is 14.0. The highest BCUT2D eigenvalue weighted by molar-refractivity contribution is 5.72. The van der Waals surface area contributed by atoms with Crippen molar-refractivity contribution in [1.29, 1.82) is 0 Å². The third-order valence-electron chi connectivity index (χ3n) is 3.74. The molecule has 0 radical (unpaired) electrons. The van der Waals surface area contributed by atoms with Crippen LogP contribution in [0.5, 0.6) is 0 Å². The van der Waals surface area contributed by atoms with E-state index in [9.17, 15) is 9.90 Å². The zero-order valence-electron chi connectivity index (χ0n) is 11.0. The molecule has 0 aliphatic carbocycles. The fourth-order valence-corrected chi connectivity index (χ4v) is 2.49. The van der Waals surface area contributed by atoms with Crippen molar-refractivity contribution in [3.8, 4) is 0 Å². The summed E-state index contributed by atoms with van der Waals surface area (Å²) in [5, 5.41) is 19.2. The molecule has 1 aromatic carbocycles. The maximum Gasteiger partial charge on any atom is 0.332 e. The molecule has 1 aliphatic rings. The Labute approximate surface area is 113 Å². The van der Waals surface area contributed by atoms with Crippen molar-refractivity contribution in [3.05, 3.63) is 35.9 Å². The number of carboxylic acids is 1. The quantitative estimate of drug-likeness (QED) is 0.860. The maximum absolute atomic E-state index is 11.2. The van der Waals surface area contributed by atoms with Gasteiger partial charge in [0.25, 0.3) is 0 Å². The van der Waals surface area contributed by atoms with Crippen LogP contribution in [0.25, 0.3) is 0 Å². The summed E-state index contributed by atoms with van der Waals surface area (Å²) in [5.74, 6) is -0.859. The molecule has 1 saturated heterocycles. The zero-order chi connectivity index (χ0) is 13.8. The molecule has 4 heteroatoms. The number of carbonyl (C=O) groups is 1. The average molecular weight is 264 g/mol. The lowest BCUT2D eigenvalue weighted by atomic mass is 9.89. The Morgan fingerprint density at radius 3 is 2.58 bits per heavy atom. The van der Waals surface area contributed by atoms with Crippen LogP contribution in [0.2, 0.25) is 0 Å². The van der Waals surface area contributed by atoms with Gasteiger partial charge >= 0.3 is 5.97 Å². The second kappa shape index (κ2) is 6.17. The number of benzene rings is 1. The van der Waals surface area contributed by atoms with Crippen molar-refractivity contribution in [3.63, 3.8) is 0 Å². The largest absolute Gasteiger partial charge is 0.479 e. The number of aliphatic hydroxyl groups excluding tert-OH is 1. The van der Waals surface area contributed by atoms with Gasteiger partial charge in [-0.05, 0) is 30.7 Å². The number of rotatable bonds is 2. The molecule has 4 nitrogen and oxygen atoms in total. The van der Waals surface area contributed by atoms with Crippen molar-refractivity contribution in [2.24, 2.45) is 5.92 Å². The summed E-state index contributed by atoms with van der Waals surface area (Å²) in [7, 11) is 0. The van der Waals surface area contributed by atoms with Gasteiger partial charge in [0, 0.05) is 0 Å². The van der Waals surface area contributed by atoms with Crippen molar-refractivity contribution >= 4 is 5.97 Å². The van der Waals surface area contributed by atoms with E-state index < -0.39 is 18.2 Å². The molecule has 0 amide bonds. The predicted molar refractivity (Wildman–Crippen MR) is 70.7 cm³/mol. The van der Waals surface area contributed by atoms with Crippen LogP contribution in [0.4, 0.5) is 0 Å². The maximum atomic E-state index is 11.2. The molecule has 0 spiro atoms. The standard InChI is InChI=1S/C15H20O4/c1-10-9-14(11-5-3-2-4-6-11)19-13(15(17)18)8-7-12(10)16/h2-6,10,12-14,16H,7-9H2,1H3,(H,17,18). The van der Waals surface area contributed by atoms with E-state index in [0.29, 0.717) is 19.3 Å². The summed E-state index contributed by atoms with van der Waals surface area (Å²) in [4.78, 5) is 11.2. The van der Waals surface area contributed by atoms with Crippen molar-refractivity contribution in [2.75, 3.05) is 0 Å². The minimum Gasteiger partial charge on any atom is -0.479 e. The molecule has 2 rings (SSSR count). The van der Waals surface area contributed by atoms with Crippen LogP contribution < -0.4 is 0 Å². The molecule has 0 saturated carbocycles. The van der Waals surface area contributed by atoms with E-state index in [1.165, 1.54) is 0 Å². The van der Waals surface area contributed by atoms with Crippen molar-refractivity contribution in [2.45, 2.75) is 44.5 Å². The molecular formula is C15H20O4. The first-order valence-corrected chi connectivity index (χ1v) is 6.69. The van der Waals surface area contributed by atoms with Gasteiger partial charge in [0.2, 0.25) is 0 Å². The molecule has 4 unspecified atom stereocenters. The van der Waals surface area contributed by atoms with Crippen molar-refractivity contribution in [1.82, 2.24) is 0 Å². The van der Waals surface area contributed by atoms with Gasteiger partial charge in [-0.25, -0.2) is 4.79 Å². The third-order valence-corrected chi connectivity index (χ3v) is 3.74. The Hall–Kier alpha value is -1.39. The summed E-state index contributed by atoms with van der Waals surface area (Å²) < 4.78 is 5.75. The summed E-state index contributed by atoms with van der Waals surface area (Å²) in [6.07, 6.45) is -0.116. The highest BCUT2D eigenvalue weighted by Gasteiger charge is 2.31. The Bertz CT molecular complexity index is 417. The van der Waals surface area contributed by atoms with E-state index in [4.69, 9.17) is 9.84 Å². The van der Waals surface area contributed by atoms with Gasteiger partial charge in [0.1, 0.15) is 0 Å². The molecule has 2 N–H and O–H groups in total. The molecule has 1 heterocycles. The van der Waals surface area contributed by atoms with E-state index in [-0.39, 0.29) is 12.0 Å². The third kappa shape index (κ3) is 3.55. The van der Waals surface area contributed by atoms with Crippen LogP contribution >= 0.6 is 0 Å². The van der Waals surface area contributed by atoms with Crippen LogP contribution in [0, 0.1) is 5.92 Å². The molecule has 19 heavy (non-hydrogen) atoms. The Kier molecular flexibility index (Phi) is 4.56. The van der Waals surface area contributed by atoms with Crippen LogP contribution in [0.3, 0.4) is 0 Å². The fraction of sp³-hybridized carbons (Fsp3) is 0.533. The molecule has 1 fully saturated rings. The van der Waals surface area contributed by atoms with E-state index in [1.54, 1.807) is 0 Å². The van der Waals surface area contributed by atoms with Crippen molar-refractivity contribution < 1.29 is 19.7 Å². The molecule has 4 atom stereocenters. The Balaban J connectivity index is 2.20.